The Morgan fingerprint density at radius 1 is 1.40 bits per heavy atom. The molecular formula is C19H26N4O2. The summed E-state index contributed by atoms with van der Waals surface area (Å²) in [5.41, 5.74) is 2.36. The fraction of sp³-hybridized carbons (Fsp3) is 0.474. The predicted octanol–water partition coefficient (Wildman–Crippen LogP) is 1.88. The van der Waals surface area contributed by atoms with Gasteiger partial charge < -0.3 is 10.4 Å². The fourth-order valence-corrected chi connectivity index (χ4v) is 3.38. The molecule has 1 aromatic carbocycles. The van der Waals surface area contributed by atoms with Crippen LogP contribution in [0.5, 0.6) is 0 Å². The molecule has 1 aromatic heterocycles. The van der Waals surface area contributed by atoms with Gasteiger partial charge in [-0.25, -0.2) is 4.68 Å². The number of aliphatic hydroxyl groups is 1. The van der Waals surface area contributed by atoms with Gasteiger partial charge >= 0.3 is 0 Å². The summed E-state index contributed by atoms with van der Waals surface area (Å²) in [7, 11) is 0. The van der Waals surface area contributed by atoms with E-state index in [0.717, 1.165) is 31.5 Å². The molecule has 1 unspecified atom stereocenters. The Morgan fingerprint density at radius 2 is 2.28 bits per heavy atom. The van der Waals surface area contributed by atoms with Crippen LogP contribution in [0.15, 0.2) is 36.5 Å². The van der Waals surface area contributed by atoms with Crippen LogP contribution in [-0.4, -0.2) is 51.9 Å². The Balaban J connectivity index is 1.58. The highest BCUT2D eigenvalue weighted by atomic mass is 16.3. The first kappa shape index (κ1) is 17.6. The first-order valence-electron chi connectivity index (χ1n) is 8.84. The number of nitrogens with one attached hydrogen (secondary N) is 1. The Labute approximate surface area is 148 Å². The molecule has 6 heteroatoms. The van der Waals surface area contributed by atoms with Crippen molar-refractivity contribution in [3.63, 3.8) is 0 Å². The molecule has 1 aliphatic rings. The van der Waals surface area contributed by atoms with Gasteiger partial charge in [-0.2, -0.15) is 5.10 Å². The molecule has 0 bridgehead atoms. The highest BCUT2D eigenvalue weighted by molar-refractivity contribution is 5.91. The van der Waals surface area contributed by atoms with Gasteiger partial charge in [0.1, 0.15) is 5.82 Å². The molecule has 0 aliphatic carbocycles. The van der Waals surface area contributed by atoms with Crippen molar-refractivity contribution < 1.29 is 9.90 Å². The third kappa shape index (κ3) is 4.90. The minimum Gasteiger partial charge on any atom is -0.396 e. The smallest absolute Gasteiger partial charge is 0.239 e. The van der Waals surface area contributed by atoms with Gasteiger partial charge in [0.2, 0.25) is 5.91 Å². The van der Waals surface area contributed by atoms with Crippen molar-refractivity contribution in [2.45, 2.75) is 26.3 Å². The second-order valence-corrected chi connectivity index (χ2v) is 6.84. The number of amides is 1. The van der Waals surface area contributed by atoms with E-state index in [-0.39, 0.29) is 18.4 Å². The quantitative estimate of drug-likeness (QED) is 0.841. The van der Waals surface area contributed by atoms with Crippen molar-refractivity contribution >= 4 is 11.7 Å². The van der Waals surface area contributed by atoms with Gasteiger partial charge in [-0.05, 0) is 37.8 Å². The molecule has 1 atom stereocenters. The number of piperidine rings is 1. The van der Waals surface area contributed by atoms with Gasteiger partial charge in [-0.3, -0.25) is 9.69 Å². The molecular weight excluding hydrogens is 316 g/mol. The number of hydrogen-bond donors (Lipinski definition) is 2. The zero-order valence-electron chi connectivity index (χ0n) is 14.7. The van der Waals surface area contributed by atoms with E-state index in [2.05, 4.69) is 40.4 Å². The lowest BCUT2D eigenvalue weighted by Gasteiger charge is -2.31. The third-order valence-corrected chi connectivity index (χ3v) is 4.63. The zero-order chi connectivity index (χ0) is 17.6. The van der Waals surface area contributed by atoms with Gasteiger partial charge in [-0.1, -0.05) is 29.8 Å². The van der Waals surface area contributed by atoms with Gasteiger partial charge in [0, 0.05) is 19.2 Å². The highest BCUT2D eigenvalue weighted by Crippen LogP contribution is 2.16. The topological polar surface area (TPSA) is 70.4 Å². The van der Waals surface area contributed by atoms with E-state index in [0.29, 0.717) is 18.9 Å². The molecule has 3 rings (SSSR count). The van der Waals surface area contributed by atoms with Crippen LogP contribution >= 0.6 is 0 Å². The van der Waals surface area contributed by atoms with E-state index < -0.39 is 0 Å². The summed E-state index contributed by atoms with van der Waals surface area (Å²) in [6, 6.07) is 10.1. The van der Waals surface area contributed by atoms with Crippen LogP contribution < -0.4 is 5.32 Å². The Morgan fingerprint density at radius 3 is 3.08 bits per heavy atom. The summed E-state index contributed by atoms with van der Waals surface area (Å²) < 4.78 is 1.80. The van der Waals surface area contributed by atoms with Gasteiger partial charge in [0.15, 0.2) is 0 Å². The molecule has 2 aromatic rings. The van der Waals surface area contributed by atoms with Crippen LogP contribution in [0.4, 0.5) is 5.82 Å². The zero-order valence-corrected chi connectivity index (χ0v) is 14.7. The molecule has 1 saturated heterocycles. The fourth-order valence-electron chi connectivity index (χ4n) is 3.38. The summed E-state index contributed by atoms with van der Waals surface area (Å²) in [6.07, 6.45) is 3.77. The normalized spacial score (nSPS) is 18.2. The number of likely N-dealkylation sites (tertiary alicyclic amines) is 1. The summed E-state index contributed by atoms with van der Waals surface area (Å²) in [5, 5.41) is 16.6. The van der Waals surface area contributed by atoms with Crippen molar-refractivity contribution in [3.8, 4) is 0 Å². The van der Waals surface area contributed by atoms with Crippen LogP contribution in [0.3, 0.4) is 0 Å². The number of benzene rings is 1. The molecule has 25 heavy (non-hydrogen) atoms. The molecule has 0 radical (unpaired) electrons. The number of aryl methyl sites for hydroxylation is 1. The monoisotopic (exact) mass is 342 g/mol. The van der Waals surface area contributed by atoms with Crippen LogP contribution in [0.25, 0.3) is 0 Å². The summed E-state index contributed by atoms with van der Waals surface area (Å²) >= 11 is 0. The number of hydrogen-bond acceptors (Lipinski definition) is 4. The van der Waals surface area contributed by atoms with Crippen molar-refractivity contribution in [1.29, 1.82) is 0 Å². The number of carbonyl (C=O) groups excluding carboxylic acids is 1. The van der Waals surface area contributed by atoms with Crippen LogP contribution in [-0.2, 0) is 11.3 Å². The highest BCUT2D eigenvalue weighted by Gasteiger charge is 2.21. The molecule has 1 amide bonds. The molecule has 134 valence electrons. The summed E-state index contributed by atoms with van der Waals surface area (Å²) in [6.45, 7) is 4.93. The van der Waals surface area contributed by atoms with E-state index in [1.807, 2.05) is 12.1 Å². The SMILES string of the molecule is Cc1cccc(Cn2nccc2NC(=O)CN2CCCC(CO)C2)c1. The van der Waals surface area contributed by atoms with Crippen molar-refractivity contribution in [1.82, 2.24) is 14.7 Å². The minimum absolute atomic E-state index is 0.0374. The van der Waals surface area contributed by atoms with E-state index in [1.54, 1.807) is 10.9 Å². The number of rotatable bonds is 6. The third-order valence-electron chi connectivity index (χ3n) is 4.63. The summed E-state index contributed by atoms with van der Waals surface area (Å²) in [5.74, 6) is 0.959. The number of anilines is 1. The lowest BCUT2D eigenvalue weighted by atomic mass is 9.99. The maximum absolute atomic E-state index is 12.4. The molecule has 2 heterocycles. The Hall–Kier alpha value is -2.18. The molecule has 1 aliphatic heterocycles. The number of carbonyl (C=O) groups is 1. The van der Waals surface area contributed by atoms with Gasteiger partial charge in [0.25, 0.3) is 0 Å². The van der Waals surface area contributed by atoms with Crippen molar-refractivity contribution in [2.75, 3.05) is 31.6 Å². The van der Waals surface area contributed by atoms with E-state index in [1.165, 1.54) is 5.56 Å². The molecule has 0 spiro atoms. The van der Waals surface area contributed by atoms with Crippen LogP contribution in [0.2, 0.25) is 0 Å². The molecule has 1 fully saturated rings. The second kappa shape index (κ2) is 8.27. The van der Waals surface area contributed by atoms with Gasteiger partial charge in [0.05, 0.1) is 19.3 Å². The first-order chi connectivity index (χ1) is 12.1. The second-order valence-electron chi connectivity index (χ2n) is 6.84. The Bertz CT molecular complexity index is 713. The lowest BCUT2D eigenvalue weighted by Crippen LogP contribution is -2.41. The minimum atomic E-state index is -0.0374. The summed E-state index contributed by atoms with van der Waals surface area (Å²) in [4.78, 5) is 14.5. The number of aliphatic hydroxyl groups excluding tert-OH is 1. The average molecular weight is 342 g/mol. The average Bonchev–Trinajstić information content (AvgIpc) is 3.01. The maximum Gasteiger partial charge on any atom is 0.239 e. The molecule has 0 saturated carbocycles. The standard InChI is InChI=1S/C19H26N4O2/c1-15-4-2-5-16(10-15)12-23-18(7-8-20-23)21-19(25)13-22-9-3-6-17(11-22)14-24/h2,4-5,7-8,10,17,24H,3,6,9,11-14H2,1H3,(H,21,25). The lowest BCUT2D eigenvalue weighted by molar-refractivity contribution is -0.117. The van der Waals surface area contributed by atoms with Gasteiger partial charge in [-0.15, -0.1) is 0 Å². The van der Waals surface area contributed by atoms with E-state index in [4.69, 9.17) is 0 Å². The predicted molar refractivity (Wildman–Crippen MR) is 97.4 cm³/mol. The van der Waals surface area contributed by atoms with E-state index >= 15 is 0 Å². The number of nitrogens with zero attached hydrogens (tertiary/aromatic N) is 3. The van der Waals surface area contributed by atoms with Crippen molar-refractivity contribution in [2.24, 2.45) is 5.92 Å². The molecule has 6 nitrogen and oxygen atoms in total. The molecule has 2 N–H and O–H groups in total. The number of aromatic nitrogens is 2. The van der Waals surface area contributed by atoms with Crippen molar-refractivity contribution in [3.05, 3.63) is 47.7 Å². The van der Waals surface area contributed by atoms with E-state index in [9.17, 15) is 9.90 Å². The Kier molecular flexibility index (Phi) is 5.83. The van der Waals surface area contributed by atoms with Crippen LogP contribution in [0, 0.1) is 12.8 Å². The largest absolute Gasteiger partial charge is 0.396 e. The van der Waals surface area contributed by atoms with Crippen LogP contribution in [0.1, 0.15) is 24.0 Å². The first-order valence-corrected chi connectivity index (χ1v) is 8.84. The maximum atomic E-state index is 12.4.